The molecule has 1 fully saturated rings. The van der Waals surface area contributed by atoms with Crippen LogP contribution in [0.15, 0.2) is 29.2 Å². The lowest BCUT2D eigenvalue weighted by molar-refractivity contribution is -0.137. The molecule has 0 aliphatic carbocycles. The van der Waals surface area contributed by atoms with E-state index in [0.717, 1.165) is 22.5 Å². The number of sulfonamides is 1. The molecule has 2 rings (SSSR count). The third-order valence-electron chi connectivity index (χ3n) is 4.41. The Balaban J connectivity index is 2.05. The number of piperidine rings is 1. The lowest BCUT2D eigenvalue weighted by Crippen LogP contribution is -2.44. The van der Waals surface area contributed by atoms with Crippen LogP contribution in [0, 0.1) is 17.2 Å². The molecule has 0 bridgehead atoms. The van der Waals surface area contributed by atoms with E-state index in [9.17, 15) is 26.4 Å². The quantitative estimate of drug-likeness (QED) is 0.818. The molecule has 1 heterocycles. The maximum atomic E-state index is 12.8. The van der Waals surface area contributed by atoms with Crippen LogP contribution in [-0.2, 0) is 21.0 Å². The molecule has 1 aromatic rings. The van der Waals surface area contributed by atoms with Crippen molar-refractivity contribution in [1.29, 1.82) is 5.26 Å². The van der Waals surface area contributed by atoms with Crippen LogP contribution in [0.3, 0.4) is 0 Å². The van der Waals surface area contributed by atoms with Gasteiger partial charge in [-0.05, 0) is 38.0 Å². The lowest BCUT2D eigenvalue weighted by Gasteiger charge is -2.31. The number of hydrogen-bond donors (Lipinski definition) is 1. The Bertz CT molecular complexity index is 826. The van der Waals surface area contributed by atoms with Crippen molar-refractivity contribution in [3.05, 3.63) is 29.8 Å². The molecule has 1 amide bonds. The van der Waals surface area contributed by atoms with Gasteiger partial charge < -0.3 is 5.32 Å². The minimum absolute atomic E-state index is 0.0449. The number of hydrogen-bond acceptors (Lipinski definition) is 4. The third kappa shape index (κ3) is 5.20. The standard InChI is InChI=1S/C17H20F3N3O3S/c1-12(5-8-21)22-16(24)13-6-9-23(10-7-13)27(25,26)15-4-2-3-14(11-15)17(18,19)20/h2-4,11-13H,5-7,9-10H2,1H3,(H,22,24). The number of nitrogens with zero attached hydrogens (tertiary/aromatic N) is 2. The second-order valence-electron chi connectivity index (χ2n) is 6.48. The molecule has 1 aliphatic rings. The zero-order valence-electron chi connectivity index (χ0n) is 14.7. The first-order valence-corrected chi connectivity index (χ1v) is 9.84. The normalized spacial score (nSPS) is 17.9. The summed E-state index contributed by atoms with van der Waals surface area (Å²) in [6.45, 7) is 1.79. The van der Waals surface area contributed by atoms with Crippen molar-refractivity contribution in [2.24, 2.45) is 5.92 Å². The Hall–Kier alpha value is -2.12. The molecule has 148 valence electrons. The third-order valence-corrected chi connectivity index (χ3v) is 6.30. The van der Waals surface area contributed by atoms with Gasteiger partial charge in [-0.25, -0.2) is 8.42 Å². The van der Waals surface area contributed by atoms with Gasteiger partial charge in [0, 0.05) is 25.0 Å². The molecule has 0 saturated carbocycles. The maximum absolute atomic E-state index is 12.8. The maximum Gasteiger partial charge on any atom is 0.416 e. The topological polar surface area (TPSA) is 90.3 Å². The lowest BCUT2D eigenvalue weighted by atomic mass is 9.97. The monoisotopic (exact) mass is 403 g/mol. The molecule has 0 aromatic heterocycles. The minimum atomic E-state index is -4.63. The number of benzene rings is 1. The zero-order valence-corrected chi connectivity index (χ0v) is 15.5. The Morgan fingerprint density at radius 1 is 1.37 bits per heavy atom. The van der Waals surface area contributed by atoms with Crippen molar-refractivity contribution in [1.82, 2.24) is 9.62 Å². The molecular formula is C17H20F3N3O3S. The predicted octanol–water partition coefficient (Wildman–Crippen LogP) is 2.52. The van der Waals surface area contributed by atoms with E-state index in [1.807, 2.05) is 6.07 Å². The van der Waals surface area contributed by atoms with E-state index in [2.05, 4.69) is 5.32 Å². The Kier molecular flexibility index (Phi) is 6.49. The van der Waals surface area contributed by atoms with Gasteiger partial charge in [-0.2, -0.15) is 22.7 Å². The van der Waals surface area contributed by atoms with Gasteiger partial charge in [0.1, 0.15) is 0 Å². The fourth-order valence-electron chi connectivity index (χ4n) is 2.89. The number of carbonyl (C=O) groups excluding carboxylic acids is 1. The summed E-state index contributed by atoms with van der Waals surface area (Å²) in [6, 6.07) is 5.29. The molecule has 1 atom stereocenters. The van der Waals surface area contributed by atoms with E-state index < -0.39 is 26.7 Å². The summed E-state index contributed by atoms with van der Waals surface area (Å²) in [6.07, 6.45) is -3.92. The van der Waals surface area contributed by atoms with Gasteiger partial charge in [0.05, 0.1) is 22.9 Å². The Morgan fingerprint density at radius 3 is 2.56 bits per heavy atom. The summed E-state index contributed by atoms with van der Waals surface area (Å²) in [5, 5.41) is 11.3. The molecule has 0 radical (unpaired) electrons. The van der Waals surface area contributed by atoms with E-state index in [0.29, 0.717) is 6.07 Å². The zero-order chi connectivity index (χ0) is 20.2. The Labute approximate surface area is 156 Å². The average molecular weight is 403 g/mol. The van der Waals surface area contributed by atoms with Crippen molar-refractivity contribution < 1.29 is 26.4 Å². The summed E-state index contributed by atoms with van der Waals surface area (Å²) in [5.74, 6) is -0.632. The summed E-state index contributed by atoms with van der Waals surface area (Å²) in [5.41, 5.74) is -1.02. The molecule has 1 unspecified atom stereocenters. The van der Waals surface area contributed by atoms with Crippen molar-refractivity contribution in [3.8, 4) is 6.07 Å². The second-order valence-corrected chi connectivity index (χ2v) is 8.41. The van der Waals surface area contributed by atoms with E-state index in [-0.39, 0.29) is 50.2 Å². The van der Waals surface area contributed by atoms with Crippen LogP contribution in [-0.4, -0.2) is 37.8 Å². The van der Waals surface area contributed by atoms with Crippen LogP contribution in [0.2, 0.25) is 0 Å². The highest BCUT2D eigenvalue weighted by atomic mass is 32.2. The Morgan fingerprint density at radius 2 is 2.00 bits per heavy atom. The number of rotatable bonds is 5. The number of nitriles is 1. The van der Waals surface area contributed by atoms with Crippen molar-refractivity contribution in [3.63, 3.8) is 0 Å². The highest BCUT2D eigenvalue weighted by molar-refractivity contribution is 7.89. The van der Waals surface area contributed by atoms with Crippen molar-refractivity contribution >= 4 is 15.9 Å². The van der Waals surface area contributed by atoms with Crippen LogP contribution in [0.25, 0.3) is 0 Å². The van der Waals surface area contributed by atoms with E-state index in [1.54, 1.807) is 6.92 Å². The van der Waals surface area contributed by atoms with Crippen LogP contribution in [0.1, 0.15) is 31.7 Å². The summed E-state index contributed by atoms with van der Waals surface area (Å²) >= 11 is 0. The molecule has 1 aliphatic heterocycles. The molecule has 1 N–H and O–H groups in total. The number of amides is 1. The predicted molar refractivity (Wildman–Crippen MR) is 90.8 cm³/mol. The number of halogens is 3. The van der Waals surface area contributed by atoms with Crippen LogP contribution in [0.5, 0.6) is 0 Å². The SMILES string of the molecule is CC(CC#N)NC(=O)C1CCN(S(=O)(=O)c2cccc(C(F)(F)F)c2)CC1. The van der Waals surface area contributed by atoms with Crippen molar-refractivity contribution in [2.75, 3.05) is 13.1 Å². The summed E-state index contributed by atoms with van der Waals surface area (Å²) in [7, 11) is -4.07. The van der Waals surface area contributed by atoms with E-state index in [4.69, 9.17) is 5.26 Å². The number of nitrogens with one attached hydrogen (secondary N) is 1. The summed E-state index contributed by atoms with van der Waals surface area (Å²) < 4.78 is 64.8. The molecular weight excluding hydrogens is 383 g/mol. The molecule has 1 aromatic carbocycles. The fraction of sp³-hybridized carbons (Fsp3) is 0.529. The largest absolute Gasteiger partial charge is 0.416 e. The average Bonchev–Trinajstić information content (AvgIpc) is 2.61. The molecule has 0 spiro atoms. The second kappa shape index (κ2) is 8.27. The first kappa shape index (κ1) is 21.2. The smallest absolute Gasteiger partial charge is 0.352 e. The first-order chi connectivity index (χ1) is 12.6. The number of alkyl halides is 3. The molecule has 27 heavy (non-hydrogen) atoms. The van der Waals surface area contributed by atoms with Crippen LogP contribution < -0.4 is 5.32 Å². The summed E-state index contributed by atoms with van der Waals surface area (Å²) in [4.78, 5) is 11.7. The fourth-order valence-corrected chi connectivity index (χ4v) is 4.41. The van der Waals surface area contributed by atoms with Gasteiger partial charge in [-0.1, -0.05) is 6.07 Å². The number of carbonyl (C=O) groups is 1. The van der Waals surface area contributed by atoms with Crippen LogP contribution in [0.4, 0.5) is 13.2 Å². The van der Waals surface area contributed by atoms with Gasteiger partial charge >= 0.3 is 6.18 Å². The molecule has 1 saturated heterocycles. The van der Waals surface area contributed by atoms with Gasteiger partial charge in [0.2, 0.25) is 15.9 Å². The highest BCUT2D eigenvalue weighted by Crippen LogP contribution is 2.32. The first-order valence-electron chi connectivity index (χ1n) is 8.40. The van der Waals surface area contributed by atoms with Gasteiger partial charge in [0.25, 0.3) is 0 Å². The van der Waals surface area contributed by atoms with E-state index >= 15 is 0 Å². The highest BCUT2D eigenvalue weighted by Gasteiger charge is 2.35. The molecule has 10 heteroatoms. The van der Waals surface area contributed by atoms with Crippen LogP contribution >= 0.6 is 0 Å². The molecule has 6 nitrogen and oxygen atoms in total. The van der Waals surface area contributed by atoms with E-state index in [1.165, 1.54) is 0 Å². The van der Waals surface area contributed by atoms with Gasteiger partial charge in [-0.3, -0.25) is 4.79 Å². The van der Waals surface area contributed by atoms with Gasteiger partial charge in [0.15, 0.2) is 0 Å². The van der Waals surface area contributed by atoms with Crippen molar-refractivity contribution in [2.45, 2.75) is 43.3 Å². The van der Waals surface area contributed by atoms with Gasteiger partial charge in [-0.15, -0.1) is 0 Å². The minimum Gasteiger partial charge on any atom is -0.352 e.